The summed E-state index contributed by atoms with van der Waals surface area (Å²) in [5.74, 6) is 1.57. The van der Waals surface area contributed by atoms with Crippen molar-refractivity contribution in [2.24, 2.45) is 5.16 Å². The van der Waals surface area contributed by atoms with Gasteiger partial charge in [-0.1, -0.05) is 101 Å². The Balaban J connectivity index is 0.000000184. The number of nitrogens with zero attached hydrogens (tertiary/aromatic N) is 4. The van der Waals surface area contributed by atoms with Crippen LogP contribution < -0.4 is 9.47 Å². The summed E-state index contributed by atoms with van der Waals surface area (Å²) in [4.78, 5) is 9.12. The van der Waals surface area contributed by atoms with Crippen molar-refractivity contribution in [3.63, 3.8) is 0 Å². The Morgan fingerprint density at radius 3 is 1.74 bits per heavy atom. The average molecular weight is 1020 g/mol. The molecule has 8 rings (SSSR count). The van der Waals surface area contributed by atoms with Crippen molar-refractivity contribution in [1.29, 1.82) is 0 Å². The molecule has 3 heterocycles. The minimum atomic E-state index is -4.02. The highest BCUT2D eigenvalue weighted by Crippen LogP contribution is 2.38. The van der Waals surface area contributed by atoms with Crippen molar-refractivity contribution in [3.05, 3.63) is 169 Å². The van der Waals surface area contributed by atoms with E-state index in [-0.39, 0.29) is 43.5 Å². The van der Waals surface area contributed by atoms with Crippen LogP contribution in [0.4, 0.5) is 0 Å². The lowest BCUT2D eigenvalue weighted by Gasteiger charge is -2.14. The number of halogens is 4. The molecule has 0 radical (unpaired) electrons. The zero-order valence-corrected chi connectivity index (χ0v) is 40.2. The topological polar surface area (TPSA) is 218 Å². The quantitative estimate of drug-likeness (QED) is 0.0253. The number of hydrogen-bond donors (Lipinski definition) is 5. The van der Waals surface area contributed by atoms with E-state index in [9.17, 15) is 28.9 Å². The van der Waals surface area contributed by atoms with Gasteiger partial charge in [0.15, 0.2) is 5.58 Å². The molecule has 352 valence electrons. The van der Waals surface area contributed by atoms with Gasteiger partial charge in [-0.15, -0.1) is 0 Å². The summed E-state index contributed by atoms with van der Waals surface area (Å²) in [6, 6.07) is 32.5. The average Bonchev–Trinajstić information content (AvgIpc) is 3.70. The first-order valence-corrected chi connectivity index (χ1v) is 23.6. The number of aromatic hydroxyl groups is 3. The summed E-state index contributed by atoms with van der Waals surface area (Å²) in [7, 11) is -4.02. The number of aromatic nitrogens is 3. The Labute approximate surface area is 411 Å². The third kappa shape index (κ3) is 13.1. The molecule has 0 saturated carbocycles. The number of hydrogen-bond acceptors (Lipinski definition) is 13. The van der Waals surface area contributed by atoms with Crippen molar-refractivity contribution >= 4 is 73.2 Å². The largest absolute Gasteiger partial charge is 0.507 e. The van der Waals surface area contributed by atoms with Gasteiger partial charge in [-0.2, -0.15) is 8.42 Å². The molecular formula is C49H42Cl4N4O10S. The highest BCUT2D eigenvalue weighted by Gasteiger charge is 2.21. The van der Waals surface area contributed by atoms with E-state index in [1.54, 1.807) is 91.0 Å². The molecule has 0 saturated heterocycles. The molecule has 0 atom stereocenters. The third-order valence-corrected chi connectivity index (χ3v) is 11.7. The fraction of sp³-hybridized carbons (Fsp3) is 0.143. The maximum absolute atomic E-state index is 10.5. The lowest BCUT2D eigenvalue weighted by Crippen LogP contribution is -2.10. The minimum Gasteiger partial charge on any atom is -0.507 e. The van der Waals surface area contributed by atoms with Crippen LogP contribution in [0.15, 0.2) is 136 Å². The Hall–Kier alpha value is -6.59. The van der Waals surface area contributed by atoms with Crippen LogP contribution >= 0.6 is 46.4 Å². The summed E-state index contributed by atoms with van der Waals surface area (Å²) < 4.78 is 46.6. The summed E-state index contributed by atoms with van der Waals surface area (Å²) >= 11 is 23.6. The van der Waals surface area contributed by atoms with Crippen LogP contribution in [0.25, 0.3) is 22.2 Å². The maximum atomic E-state index is 10.5. The lowest BCUT2D eigenvalue weighted by atomic mass is 9.98. The van der Waals surface area contributed by atoms with E-state index in [4.69, 9.17) is 65.0 Å². The molecule has 5 aromatic carbocycles. The molecule has 0 aliphatic heterocycles. The highest BCUT2D eigenvalue weighted by atomic mass is 35.5. The molecule has 0 spiro atoms. The third-order valence-electron chi connectivity index (χ3n) is 9.73. The molecule has 0 fully saturated rings. The fourth-order valence-corrected chi connectivity index (χ4v) is 7.50. The predicted octanol–water partition coefficient (Wildman–Crippen LogP) is 13.7. The number of aryl methyl sites for hydroxylation is 3. The molecule has 14 nitrogen and oxygen atoms in total. The van der Waals surface area contributed by atoms with Gasteiger partial charge >= 0.3 is 0 Å². The number of phenolic OH excluding ortho intramolecular Hbond substituents is 3. The number of phenols is 3. The summed E-state index contributed by atoms with van der Waals surface area (Å²) in [5, 5.41) is 49.3. The molecule has 19 heteroatoms. The minimum absolute atomic E-state index is 0.0119. The van der Waals surface area contributed by atoms with Crippen LogP contribution in [0.5, 0.6) is 40.5 Å². The van der Waals surface area contributed by atoms with E-state index in [2.05, 4.69) is 27.2 Å². The van der Waals surface area contributed by atoms with Gasteiger partial charge in [0.1, 0.15) is 40.2 Å². The number of oxime groups is 1. The van der Waals surface area contributed by atoms with Gasteiger partial charge in [0.05, 0.1) is 31.7 Å². The number of rotatable bonds is 12. The maximum Gasteiger partial charge on any atom is 0.294 e. The van der Waals surface area contributed by atoms with Gasteiger partial charge in [0, 0.05) is 51.0 Å². The van der Waals surface area contributed by atoms with E-state index in [1.165, 1.54) is 24.3 Å². The van der Waals surface area contributed by atoms with Crippen LogP contribution in [0.1, 0.15) is 54.8 Å². The van der Waals surface area contributed by atoms with Crippen LogP contribution in [-0.4, -0.2) is 54.3 Å². The molecule has 0 bridgehead atoms. The second kappa shape index (κ2) is 22.9. The molecule has 0 aliphatic rings. The van der Waals surface area contributed by atoms with Crippen LogP contribution in [-0.2, 0) is 23.0 Å². The van der Waals surface area contributed by atoms with E-state index >= 15 is 0 Å². The summed E-state index contributed by atoms with van der Waals surface area (Å²) in [5.41, 5.74) is 5.01. The molecule has 5 N–H and O–H groups in total. The van der Waals surface area contributed by atoms with E-state index in [0.717, 1.165) is 36.1 Å². The van der Waals surface area contributed by atoms with Crippen molar-refractivity contribution in [2.45, 2.75) is 51.3 Å². The summed E-state index contributed by atoms with van der Waals surface area (Å²) in [6.45, 7) is 5.90. The van der Waals surface area contributed by atoms with Crippen molar-refractivity contribution in [2.75, 3.05) is 0 Å². The zero-order chi connectivity index (χ0) is 49.1. The van der Waals surface area contributed by atoms with Gasteiger partial charge in [0.2, 0.25) is 11.8 Å². The van der Waals surface area contributed by atoms with Gasteiger partial charge in [-0.25, -0.2) is 9.97 Å². The van der Waals surface area contributed by atoms with Crippen LogP contribution in [0.3, 0.4) is 0 Å². The van der Waals surface area contributed by atoms with Crippen LogP contribution in [0.2, 0.25) is 20.1 Å². The first-order valence-electron chi connectivity index (χ1n) is 20.6. The first-order chi connectivity index (χ1) is 32.5. The predicted molar refractivity (Wildman–Crippen MR) is 262 cm³/mol. The Morgan fingerprint density at radius 1 is 0.647 bits per heavy atom. The molecule has 0 amide bonds. The first kappa shape index (κ1) is 50.8. The number of benzene rings is 5. The molecule has 0 aliphatic carbocycles. The normalized spacial score (nSPS) is 11.3. The lowest BCUT2D eigenvalue weighted by molar-refractivity contribution is 0.319. The monoisotopic (exact) mass is 1020 g/mol. The number of pyridine rings is 2. The Morgan fingerprint density at radius 2 is 1.18 bits per heavy atom. The Bertz CT molecular complexity index is 3170. The van der Waals surface area contributed by atoms with Crippen molar-refractivity contribution in [1.82, 2.24) is 15.1 Å². The van der Waals surface area contributed by atoms with E-state index < -0.39 is 10.1 Å². The van der Waals surface area contributed by atoms with Gasteiger partial charge in [-0.3, -0.25) is 4.55 Å². The highest BCUT2D eigenvalue weighted by molar-refractivity contribution is 7.85. The van der Waals surface area contributed by atoms with Gasteiger partial charge in [-0.05, 0) is 105 Å². The van der Waals surface area contributed by atoms with Crippen molar-refractivity contribution < 1.29 is 47.5 Å². The Kier molecular flexibility index (Phi) is 17.1. The smallest absolute Gasteiger partial charge is 0.294 e. The van der Waals surface area contributed by atoms with Crippen LogP contribution in [0, 0.1) is 6.92 Å². The fourth-order valence-electron chi connectivity index (χ4n) is 6.46. The molecule has 3 aromatic heterocycles. The van der Waals surface area contributed by atoms with Crippen molar-refractivity contribution in [3.8, 4) is 51.8 Å². The SMILES string of the molecule is CCCc1nc(Oc2ccc(Cl)cc2)ccc1-c1noc2cc(Cl)c(O)cc12.CCCc1nc(Oc2ccc(Cl)cc2)ccc1/C(=N\O)c1cc(O)c(Cl)cc1O.Cc1ccc(S(=O)(=O)O)cc1. The number of fused-ring (bicyclic) bond motifs is 1. The standard InChI is InChI=1S/C21H18Cl2N2O4.C21H16Cl2N2O3.C7H8O3S/c1-2-3-17-14(21(25-28)15-10-19(27)16(23)11-18(15)26)8-9-20(24-17)29-13-6-4-12(22)5-7-13;1-2-3-17-14(21-15-10-18(26)16(23)11-19(15)28-25-21)8-9-20(24-17)27-13-6-4-12(22)5-7-13;1-6-2-4-7(5-3-6)11(8,9)10/h4-11,26-28H,2-3H2,1H3;4-11,26H,2-3H2,1H3;2-5H,1H3,(H,8,9,10)/b25-21+;;. The molecule has 68 heavy (non-hydrogen) atoms. The second-order valence-corrected chi connectivity index (χ2v) is 17.9. The molecule has 8 aromatic rings. The molecular weight excluding hydrogens is 978 g/mol. The zero-order valence-electron chi connectivity index (χ0n) is 36.4. The number of ether oxygens (including phenoxy) is 2. The second-order valence-electron chi connectivity index (χ2n) is 14.8. The van der Waals surface area contributed by atoms with Gasteiger partial charge < -0.3 is 34.5 Å². The summed E-state index contributed by atoms with van der Waals surface area (Å²) in [6.07, 6.45) is 2.99. The van der Waals surface area contributed by atoms with Gasteiger partial charge in [0.25, 0.3) is 10.1 Å². The van der Waals surface area contributed by atoms with E-state index in [1.807, 2.05) is 19.9 Å². The molecule has 0 unspecified atom stereocenters. The van der Waals surface area contributed by atoms with E-state index in [0.29, 0.717) is 67.6 Å².